The molecule has 0 saturated carbocycles. The van der Waals surface area contributed by atoms with Gasteiger partial charge in [0.2, 0.25) is 0 Å². The Kier molecular flexibility index (Phi) is 2.10. The number of nitrogens with zero attached hydrogens (tertiary/aromatic N) is 2. The first-order valence-electron chi connectivity index (χ1n) is 5.84. The predicted octanol–water partition coefficient (Wildman–Crippen LogP) is 3.55. The van der Waals surface area contributed by atoms with E-state index < -0.39 is 0 Å². The largest absolute Gasteiger partial charge is 0.506 e. The second-order valence-corrected chi connectivity index (χ2v) is 5.24. The summed E-state index contributed by atoms with van der Waals surface area (Å²) < 4.78 is 0. The van der Waals surface area contributed by atoms with Gasteiger partial charge in [0.25, 0.3) is 0 Å². The van der Waals surface area contributed by atoms with E-state index >= 15 is 0 Å². The average Bonchev–Trinajstić information content (AvgIpc) is 3.00. The molecular formula is C14H9N3OS. The van der Waals surface area contributed by atoms with Crippen molar-refractivity contribution in [2.24, 2.45) is 0 Å². The van der Waals surface area contributed by atoms with E-state index in [1.807, 2.05) is 36.4 Å². The Bertz CT molecular complexity index is 861. The maximum absolute atomic E-state index is 10.3. The van der Waals surface area contributed by atoms with Crippen LogP contribution in [-0.2, 0) is 0 Å². The van der Waals surface area contributed by atoms with E-state index in [1.54, 1.807) is 6.20 Å². The predicted molar refractivity (Wildman–Crippen MR) is 76.4 cm³/mol. The molecule has 0 saturated heterocycles. The van der Waals surface area contributed by atoms with Crippen molar-refractivity contribution in [3.63, 3.8) is 0 Å². The number of thiophene rings is 1. The molecule has 0 aliphatic rings. The number of aromatic amines is 1. The SMILES string of the molecule is Oc1c(-c2nc3ccccc3[nH]2)sc2ncccc12. The van der Waals surface area contributed by atoms with E-state index in [-0.39, 0.29) is 5.75 Å². The molecule has 1 aromatic carbocycles. The molecule has 0 aliphatic carbocycles. The van der Waals surface area contributed by atoms with Gasteiger partial charge in [-0.2, -0.15) is 0 Å². The fraction of sp³-hybridized carbons (Fsp3) is 0. The van der Waals surface area contributed by atoms with Gasteiger partial charge in [0.05, 0.1) is 16.4 Å². The Balaban J connectivity index is 2.01. The summed E-state index contributed by atoms with van der Waals surface area (Å²) in [5, 5.41) is 11.0. The lowest BCUT2D eigenvalue weighted by Gasteiger charge is -1.92. The molecular weight excluding hydrogens is 258 g/mol. The lowest BCUT2D eigenvalue weighted by atomic mass is 10.3. The third kappa shape index (κ3) is 1.52. The fourth-order valence-corrected chi connectivity index (χ4v) is 3.12. The molecule has 0 radical (unpaired) electrons. The number of pyridine rings is 1. The van der Waals surface area contributed by atoms with E-state index in [1.165, 1.54) is 11.3 Å². The van der Waals surface area contributed by atoms with E-state index in [0.29, 0.717) is 5.82 Å². The zero-order valence-corrected chi connectivity index (χ0v) is 10.6. The number of aromatic nitrogens is 3. The maximum Gasteiger partial charge on any atom is 0.152 e. The third-order valence-corrected chi connectivity index (χ3v) is 4.15. The van der Waals surface area contributed by atoms with Crippen molar-refractivity contribution < 1.29 is 5.11 Å². The molecule has 0 unspecified atom stereocenters. The van der Waals surface area contributed by atoms with Crippen LogP contribution in [0.4, 0.5) is 0 Å². The molecule has 3 heterocycles. The monoisotopic (exact) mass is 267 g/mol. The van der Waals surface area contributed by atoms with Crippen LogP contribution < -0.4 is 0 Å². The minimum absolute atomic E-state index is 0.243. The minimum Gasteiger partial charge on any atom is -0.506 e. The normalized spacial score (nSPS) is 11.4. The van der Waals surface area contributed by atoms with Crippen LogP contribution in [-0.4, -0.2) is 20.1 Å². The maximum atomic E-state index is 10.3. The summed E-state index contributed by atoms with van der Waals surface area (Å²) >= 11 is 1.44. The zero-order chi connectivity index (χ0) is 12.8. The number of imidazole rings is 1. The highest BCUT2D eigenvalue weighted by Crippen LogP contribution is 2.41. The molecule has 4 rings (SSSR count). The molecule has 92 valence electrons. The van der Waals surface area contributed by atoms with Crippen LogP contribution in [0.25, 0.3) is 32.0 Å². The first-order chi connectivity index (χ1) is 9.33. The van der Waals surface area contributed by atoms with E-state index in [0.717, 1.165) is 26.1 Å². The third-order valence-electron chi connectivity index (χ3n) is 3.04. The Morgan fingerprint density at radius 3 is 2.84 bits per heavy atom. The lowest BCUT2D eigenvalue weighted by Crippen LogP contribution is -1.74. The lowest BCUT2D eigenvalue weighted by molar-refractivity contribution is 0.485. The summed E-state index contributed by atoms with van der Waals surface area (Å²) in [7, 11) is 0. The highest BCUT2D eigenvalue weighted by molar-refractivity contribution is 7.22. The smallest absolute Gasteiger partial charge is 0.152 e. The number of fused-ring (bicyclic) bond motifs is 2. The van der Waals surface area contributed by atoms with Crippen LogP contribution in [0.5, 0.6) is 5.75 Å². The van der Waals surface area contributed by atoms with Gasteiger partial charge in [0.15, 0.2) is 5.82 Å². The molecule has 0 spiro atoms. The van der Waals surface area contributed by atoms with Gasteiger partial charge in [-0.05, 0) is 24.3 Å². The molecule has 0 bridgehead atoms. The van der Waals surface area contributed by atoms with Crippen LogP contribution >= 0.6 is 11.3 Å². The van der Waals surface area contributed by atoms with Gasteiger partial charge in [0.1, 0.15) is 15.5 Å². The summed E-state index contributed by atoms with van der Waals surface area (Å²) in [5.74, 6) is 0.925. The van der Waals surface area contributed by atoms with Crippen molar-refractivity contribution in [3.8, 4) is 16.5 Å². The number of hydrogen-bond donors (Lipinski definition) is 2. The quantitative estimate of drug-likeness (QED) is 0.554. The number of rotatable bonds is 1. The molecule has 5 heteroatoms. The second-order valence-electron chi connectivity index (χ2n) is 4.24. The summed E-state index contributed by atoms with van der Waals surface area (Å²) in [5.41, 5.74) is 1.85. The molecule has 4 nitrogen and oxygen atoms in total. The Morgan fingerprint density at radius 1 is 1.11 bits per heavy atom. The van der Waals surface area contributed by atoms with Gasteiger partial charge >= 0.3 is 0 Å². The van der Waals surface area contributed by atoms with Gasteiger partial charge < -0.3 is 10.1 Å². The van der Waals surface area contributed by atoms with Crippen molar-refractivity contribution in [1.82, 2.24) is 15.0 Å². The number of para-hydroxylation sites is 2. The highest BCUT2D eigenvalue weighted by atomic mass is 32.1. The Morgan fingerprint density at radius 2 is 2.00 bits per heavy atom. The van der Waals surface area contributed by atoms with Gasteiger partial charge in [-0.1, -0.05) is 12.1 Å². The second kappa shape index (κ2) is 3.80. The molecule has 19 heavy (non-hydrogen) atoms. The molecule has 3 aromatic heterocycles. The number of benzene rings is 1. The Hall–Kier alpha value is -2.40. The molecule has 0 amide bonds. The zero-order valence-electron chi connectivity index (χ0n) is 9.79. The fourth-order valence-electron chi connectivity index (χ4n) is 2.14. The van der Waals surface area contributed by atoms with Gasteiger partial charge in [-0.25, -0.2) is 9.97 Å². The molecule has 4 aromatic rings. The summed E-state index contributed by atoms with van der Waals surface area (Å²) in [6.07, 6.45) is 1.72. The van der Waals surface area contributed by atoms with Crippen molar-refractivity contribution in [3.05, 3.63) is 42.6 Å². The van der Waals surface area contributed by atoms with E-state index in [4.69, 9.17) is 0 Å². The molecule has 2 N–H and O–H groups in total. The molecule has 0 aliphatic heterocycles. The number of hydrogen-bond acceptors (Lipinski definition) is 4. The number of H-pyrrole nitrogens is 1. The Labute approximate surface area is 112 Å². The van der Waals surface area contributed by atoms with Crippen LogP contribution in [0.2, 0.25) is 0 Å². The number of nitrogens with one attached hydrogen (secondary N) is 1. The van der Waals surface area contributed by atoms with Crippen molar-refractivity contribution >= 4 is 32.6 Å². The van der Waals surface area contributed by atoms with E-state index in [9.17, 15) is 5.11 Å². The van der Waals surface area contributed by atoms with Crippen LogP contribution in [0.1, 0.15) is 0 Å². The molecule has 0 fully saturated rings. The first-order valence-corrected chi connectivity index (χ1v) is 6.66. The summed E-state index contributed by atoms with van der Waals surface area (Å²) in [6.45, 7) is 0. The number of aromatic hydroxyl groups is 1. The van der Waals surface area contributed by atoms with E-state index in [2.05, 4.69) is 15.0 Å². The van der Waals surface area contributed by atoms with Crippen molar-refractivity contribution in [2.75, 3.05) is 0 Å². The standard InChI is InChI=1S/C14H9N3OS/c18-11-8-4-3-7-15-14(8)19-12(11)13-16-9-5-1-2-6-10(9)17-13/h1-7,18H,(H,16,17). The van der Waals surface area contributed by atoms with Gasteiger partial charge in [0, 0.05) is 6.20 Å². The summed E-state index contributed by atoms with van der Waals surface area (Å²) in [4.78, 5) is 13.5. The average molecular weight is 267 g/mol. The van der Waals surface area contributed by atoms with Crippen LogP contribution in [0.15, 0.2) is 42.6 Å². The van der Waals surface area contributed by atoms with Crippen LogP contribution in [0.3, 0.4) is 0 Å². The van der Waals surface area contributed by atoms with Crippen LogP contribution in [0, 0.1) is 0 Å². The van der Waals surface area contributed by atoms with Crippen molar-refractivity contribution in [1.29, 1.82) is 0 Å². The minimum atomic E-state index is 0.243. The molecule has 0 atom stereocenters. The summed E-state index contributed by atoms with van der Waals surface area (Å²) in [6, 6.07) is 11.5. The van der Waals surface area contributed by atoms with Gasteiger partial charge in [-0.3, -0.25) is 0 Å². The van der Waals surface area contributed by atoms with Gasteiger partial charge in [-0.15, -0.1) is 11.3 Å². The van der Waals surface area contributed by atoms with Crippen molar-refractivity contribution in [2.45, 2.75) is 0 Å². The topological polar surface area (TPSA) is 61.8 Å². The highest BCUT2D eigenvalue weighted by Gasteiger charge is 2.16. The first kappa shape index (κ1) is 10.5.